The van der Waals surface area contributed by atoms with E-state index in [-0.39, 0.29) is 30.8 Å². The van der Waals surface area contributed by atoms with Gasteiger partial charge < -0.3 is 16.0 Å². The molecule has 0 saturated carbocycles. The van der Waals surface area contributed by atoms with Crippen molar-refractivity contribution < 1.29 is 9.59 Å². The van der Waals surface area contributed by atoms with Crippen molar-refractivity contribution in [2.24, 2.45) is 5.73 Å². The quantitative estimate of drug-likeness (QED) is 0.668. The van der Waals surface area contributed by atoms with E-state index in [0.717, 1.165) is 19.3 Å². The van der Waals surface area contributed by atoms with Crippen molar-refractivity contribution in [3.05, 3.63) is 0 Å². The van der Waals surface area contributed by atoms with E-state index in [1.807, 2.05) is 0 Å². The van der Waals surface area contributed by atoms with Crippen molar-refractivity contribution in [2.75, 3.05) is 26.2 Å². The molecular formula is C10H20ClN3O2. The summed E-state index contributed by atoms with van der Waals surface area (Å²) in [7, 11) is 0. The Balaban J connectivity index is 0.00000225. The molecule has 1 rings (SSSR count). The van der Waals surface area contributed by atoms with Gasteiger partial charge in [0.15, 0.2) is 0 Å². The molecule has 0 bridgehead atoms. The van der Waals surface area contributed by atoms with Crippen molar-refractivity contribution in [3.63, 3.8) is 0 Å². The lowest BCUT2D eigenvalue weighted by atomic mass is 10.1. The van der Waals surface area contributed by atoms with Gasteiger partial charge >= 0.3 is 0 Å². The summed E-state index contributed by atoms with van der Waals surface area (Å²) in [6, 6.07) is 0. The molecule has 1 aliphatic heterocycles. The minimum atomic E-state index is -0.0845. The van der Waals surface area contributed by atoms with Gasteiger partial charge in [-0.2, -0.15) is 0 Å². The lowest BCUT2D eigenvalue weighted by molar-refractivity contribution is -0.137. The number of rotatable bonds is 5. The highest BCUT2D eigenvalue weighted by Gasteiger charge is 2.19. The Morgan fingerprint density at radius 2 is 2.19 bits per heavy atom. The first-order valence-electron chi connectivity index (χ1n) is 5.48. The number of carbonyl (C=O) groups excluding carboxylic acids is 2. The first-order valence-corrected chi connectivity index (χ1v) is 5.48. The van der Waals surface area contributed by atoms with E-state index in [4.69, 9.17) is 5.73 Å². The lowest BCUT2D eigenvalue weighted by Crippen LogP contribution is -2.43. The molecule has 0 atom stereocenters. The Bertz CT molecular complexity index is 236. The summed E-state index contributed by atoms with van der Waals surface area (Å²) < 4.78 is 0. The molecule has 0 aromatic carbocycles. The Labute approximate surface area is 102 Å². The number of nitrogens with one attached hydrogen (secondary N) is 1. The molecule has 0 aliphatic carbocycles. The van der Waals surface area contributed by atoms with Gasteiger partial charge in [0.05, 0.1) is 6.54 Å². The zero-order chi connectivity index (χ0) is 11.1. The summed E-state index contributed by atoms with van der Waals surface area (Å²) in [5.41, 5.74) is 5.31. The first kappa shape index (κ1) is 15.2. The number of nitrogens with zero attached hydrogens (tertiary/aromatic N) is 1. The predicted octanol–water partition coefficient (Wildman–Crippen LogP) is -0.114. The molecule has 1 aliphatic rings. The van der Waals surface area contributed by atoms with Gasteiger partial charge in [-0.05, 0) is 25.8 Å². The number of nitrogens with two attached hydrogens (primary N) is 1. The maximum absolute atomic E-state index is 11.4. The predicted molar refractivity (Wildman–Crippen MR) is 64.4 cm³/mol. The smallest absolute Gasteiger partial charge is 0.239 e. The van der Waals surface area contributed by atoms with Gasteiger partial charge in [-0.3, -0.25) is 9.59 Å². The van der Waals surface area contributed by atoms with Crippen molar-refractivity contribution in [2.45, 2.75) is 25.7 Å². The van der Waals surface area contributed by atoms with Gasteiger partial charge in [0.1, 0.15) is 0 Å². The van der Waals surface area contributed by atoms with E-state index in [1.54, 1.807) is 4.90 Å². The molecule has 0 spiro atoms. The zero-order valence-corrected chi connectivity index (χ0v) is 10.2. The third-order valence-corrected chi connectivity index (χ3v) is 2.46. The molecule has 1 fully saturated rings. The average Bonchev–Trinajstić information content (AvgIpc) is 2.22. The van der Waals surface area contributed by atoms with Crippen LogP contribution in [-0.2, 0) is 9.59 Å². The Morgan fingerprint density at radius 1 is 1.44 bits per heavy atom. The van der Waals surface area contributed by atoms with Crippen LogP contribution in [0.2, 0.25) is 0 Å². The number of likely N-dealkylation sites (tertiary alicyclic amines) is 1. The highest BCUT2D eigenvalue weighted by atomic mass is 35.5. The number of halogens is 1. The van der Waals surface area contributed by atoms with Crippen LogP contribution in [-0.4, -0.2) is 42.9 Å². The van der Waals surface area contributed by atoms with Gasteiger partial charge in [0.25, 0.3) is 0 Å². The standard InChI is InChI=1S/C10H19N3O2.ClH/c11-5-3-6-12-9(14)8-13-7-2-1-4-10(13)15;/h1-8,11H2,(H,12,14);1H. The molecule has 5 nitrogen and oxygen atoms in total. The fraction of sp³-hybridized carbons (Fsp3) is 0.800. The number of hydrogen-bond acceptors (Lipinski definition) is 3. The molecule has 94 valence electrons. The van der Waals surface area contributed by atoms with Crippen LogP contribution in [0.25, 0.3) is 0 Å². The number of piperidine rings is 1. The lowest BCUT2D eigenvalue weighted by Gasteiger charge is -2.25. The van der Waals surface area contributed by atoms with Gasteiger partial charge in [-0.25, -0.2) is 0 Å². The maximum atomic E-state index is 11.4. The topological polar surface area (TPSA) is 75.4 Å². The van der Waals surface area contributed by atoms with Gasteiger partial charge in [0.2, 0.25) is 11.8 Å². The van der Waals surface area contributed by atoms with E-state index < -0.39 is 0 Å². The second-order valence-corrected chi connectivity index (χ2v) is 3.76. The molecule has 2 amide bonds. The molecule has 0 unspecified atom stereocenters. The summed E-state index contributed by atoms with van der Waals surface area (Å²) in [5, 5.41) is 2.74. The summed E-state index contributed by atoms with van der Waals surface area (Å²) in [4.78, 5) is 24.4. The number of hydrogen-bond donors (Lipinski definition) is 2. The average molecular weight is 250 g/mol. The van der Waals surface area contributed by atoms with Crippen molar-refractivity contribution >= 4 is 24.2 Å². The van der Waals surface area contributed by atoms with Gasteiger partial charge in [-0.1, -0.05) is 0 Å². The SMILES string of the molecule is Cl.NCCCNC(=O)CN1CCCCC1=O. The second-order valence-electron chi connectivity index (χ2n) is 3.76. The summed E-state index contributed by atoms with van der Waals surface area (Å²) in [6.45, 7) is 2.08. The molecule has 0 aromatic heterocycles. The molecule has 6 heteroatoms. The summed E-state index contributed by atoms with van der Waals surface area (Å²) >= 11 is 0. The van der Waals surface area contributed by atoms with Crippen LogP contribution in [0, 0.1) is 0 Å². The van der Waals surface area contributed by atoms with Crippen molar-refractivity contribution in [3.8, 4) is 0 Å². The molecule has 3 N–H and O–H groups in total. The highest BCUT2D eigenvalue weighted by molar-refractivity contribution is 5.85. The molecular weight excluding hydrogens is 230 g/mol. The highest BCUT2D eigenvalue weighted by Crippen LogP contribution is 2.09. The van der Waals surface area contributed by atoms with Crippen LogP contribution in [0.15, 0.2) is 0 Å². The fourth-order valence-corrected chi connectivity index (χ4v) is 1.59. The monoisotopic (exact) mass is 249 g/mol. The fourth-order valence-electron chi connectivity index (χ4n) is 1.59. The molecule has 1 heterocycles. The minimum absolute atomic E-state index is 0. The van der Waals surface area contributed by atoms with Crippen LogP contribution in [0.5, 0.6) is 0 Å². The third kappa shape index (κ3) is 5.32. The van der Waals surface area contributed by atoms with Gasteiger partial charge in [-0.15, -0.1) is 12.4 Å². The van der Waals surface area contributed by atoms with Crippen LogP contribution >= 0.6 is 12.4 Å². The number of amides is 2. The summed E-state index contributed by atoms with van der Waals surface area (Å²) in [5.74, 6) is 0.00826. The molecule has 0 radical (unpaired) electrons. The molecule has 1 saturated heterocycles. The minimum Gasteiger partial charge on any atom is -0.355 e. The molecule has 16 heavy (non-hydrogen) atoms. The van der Waals surface area contributed by atoms with Crippen LogP contribution in [0.1, 0.15) is 25.7 Å². The first-order chi connectivity index (χ1) is 7.24. The normalized spacial score (nSPS) is 15.6. The Morgan fingerprint density at radius 3 is 2.81 bits per heavy atom. The van der Waals surface area contributed by atoms with E-state index >= 15 is 0 Å². The van der Waals surface area contributed by atoms with Crippen molar-refractivity contribution in [1.29, 1.82) is 0 Å². The van der Waals surface area contributed by atoms with Crippen molar-refractivity contribution in [1.82, 2.24) is 10.2 Å². The van der Waals surface area contributed by atoms with Crippen LogP contribution < -0.4 is 11.1 Å². The number of carbonyl (C=O) groups is 2. The Kier molecular flexibility index (Phi) is 7.93. The van der Waals surface area contributed by atoms with E-state index in [1.165, 1.54) is 0 Å². The summed E-state index contributed by atoms with van der Waals surface area (Å²) in [6.07, 6.45) is 3.31. The van der Waals surface area contributed by atoms with E-state index in [9.17, 15) is 9.59 Å². The third-order valence-electron chi connectivity index (χ3n) is 2.46. The van der Waals surface area contributed by atoms with Crippen LogP contribution in [0.4, 0.5) is 0 Å². The maximum Gasteiger partial charge on any atom is 0.239 e. The van der Waals surface area contributed by atoms with Gasteiger partial charge in [0, 0.05) is 19.5 Å². The molecule has 0 aromatic rings. The van der Waals surface area contributed by atoms with E-state index in [0.29, 0.717) is 26.1 Å². The zero-order valence-electron chi connectivity index (χ0n) is 9.41. The Hall–Kier alpha value is -0.810. The largest absolute Gasteiger partial charge is 0.355 e. The van der Waals surface area contributed by atoms with Crippen LogP contribution in [0.3, 0.4) is 0 Å². The second kappa shape index (κ2) is 8.35. The van der Waals surface area contributed by atoms with E-state index in [2.05, 4.69) is 5.32 Å².